The topological polar surface area (TPSA) is 79.5 Å². The van der Waals surface area contributed by atoms with Gasteiger partial charge in [-0.25, -0.2) is 14.4 Å². The van der Waals surface area contributed by atoms with Gasteiger partial charge in [0.15, 0.2) is 0 Å². The summed E-state index contributed by atoms with van der Waals surface area (Å²) >= 11 is 1.71. The summed E-state index contributed by atoms with van der Waals surface area (Å²) in [7, 11) is 1.00. The number of aliphatic hydroxyl groups excluding tert-OH is 1. The summed E-state index contributed by atoms with van der Waals surface area (Å²) < 4.78 is 24.8. The van der Waals surface area contributed by atoms with E-state index < -0.39 is 0 Å². The van der Waals surface area contributed by atoms with E-state index >= 15 is 0 Å². The van der Waals surface area contributed by atoms with Gasteiger partial charge in [0.25, 0.3) is 0 Å². The van der Waals surface area contributed by atoms with Gasteiger partial charge >= 0.3 is 0 Å². The van der Waals surface area contributed by atoms with Crippen LogP contribution in [0.2, 0.25) is 0 Å². The molecule has 2 aliphatic rings. The quantitative estimate of drug-likeness (QED) is 0.125. The van der Waals surface area contributed by atoms with Gasteiger partial charge in [-0.2, -0.15) is 0 Å². The fourth-order valence-electron chi connectivity index (χ4n) is 5.42. The number of allylic oxidation sites excluding steroid dienone is 6. The fraction of sp³-hybridized carbons (Fsp3) is 0.568. The molecule has 4 heterocycles. The number of aliphatic imine (C=N–C) groups is 2. The summed E-state index contributed by atoms with van der Waals surface area (Å²) in [5.74, 6) is 3.14. The van der Waals surface area contributed by atoms with E-state index in [-0.39, 0.29) is 11.4 Å². The Labute approximate surface area is 325 Å². The van der Waals surface area contributed by atoms with Gasteiger partial charge < -0.3 is 19.5 Å². The second-order valence-electron chi connectivity index (χ2n) is 13.9. The molecule has 0 saturated carbocycles. The number of rotatable bonds is 13. The van der Waals surface area contributed by atoms with E-state index in [9.17, 15) is 4.39 Å². The minimum atomic E-state index is -0.108. The minimum Gasteiger partial charge on any atom is -0.400 e. The predicted octanol–water partition coefficient (Wildman–Crippen LogP) is 11.4. The summed E-state index contributed by atoms with van der Waals surface area (Å²) in [6, 6.07) is 6.16. The van der Waals surface area contributed by atoms with Crippen LogP contribution >= 0.6 is 11.3 Å². The summed E-state index contributed by atoms with van der Waals surface area (Å²) in [6.07, 6.45) is 15.1. The Balaban J connectivity index is 0.000000392. The highest BCUT2D eigenvalue weighted by Crippen LogP contribution is 2.31. The summed E-state index contributed by atoms with van der Waals surface area (Å²) in [4.78, 5) is 17.1. The number of aliphatic hydroxyl groups is 1. The molecule has 2 aromatic heterocycles. The van der Waals surface area contributed by atoms with Crippen molar-refractivity contribution in [3.8, 4) is 0 Å². The predicted molar refractivity (Wildman–Crippen MR) is 228 cm³/mol. The third-order valence-corrected chi connectivity index (χ3v) is 10.3. The lowest BCUT2D eigenvalue weighted by Crippen LogP contribution is -2.56. The number of thiophene rings is 1. The van der Waals surface area contributed by atoms with Crippen molar-refractivity contribution in [1.29, 1.82) is 0 Å². The van der Waals surface area contributed by atoms with E-state index in [0.29, 0.717) is 12.3 Å². The maximum Gasteiger partial charge on any atom is 0.128 e. The molecule has 2 aliphatic heterocycles. The van der Waals surface area contributed by atoms with Crippen LogP contribution in [0.5, 0.6) is 0 Å². The number of hydrogen-bond donors (Lipinski definition) is 1. The SMILES string of the molecule is C=C/C=C(\C=C(\F)CCC)c1cnc(C)c(C)c1.CC=C(N=C(C)N=C(C)N1CCCC1)c1cccs1.CCC(C)CCOC1(C(C)C)COC1.CO. The average molecular weight is 753 g/mol. The molecule has 0 aromatic carbocycles. The molecule has 1 N–H and O–H groups in total. The van der Waals surface area contributed by atoms with Crippen LogP contribution in [-0.2, 0) is 9.47 Å². The molecule has 296 valence electrons. The van der Waals surface area contributed by atoms with Gasteiger partial charge in [-0.1, -0.05) is 71.9 Å². The first kappa shape index (κ1) is 47.8. The Bertz CT molecular complexity index is 1480. The van der Waals surface area contributed by atoms with Crippen molar-refractivity contribution in [3.63, 3.8) is 0 Å². The second kappa shape index (κ2) is 26.5. The van der Waals surface area contributed by atoms with Crippen molar-refractivity contribution in [1.82, 2.24) is 9.88 Å². The maximum absolute atomic E-state index is 13.6. The standard InChI is InChI=1S/C16H20FN.C15H21N3S.C12H24O2.CH4O/c1-5-7-14(10-16(17)8-6-2)15-9-12(3)13(4)18-11-15;1-4-14(15-8-7-11-19-15)17-12(2)16-13(3)18-9-5-6-10-18;1-5-11(4)6-7-14-12(10(2)3)8-13-9-12;1-2/h5,7,9-11H,1,6,8H2,2-4H3;4,7-8,11H,5-6,9-10H2,1-3H3;10-11H,5-9H2,1-4H3;2H,1H3/b14-7+,16-10+;;;. The number of aryl methyl sites for hydroxylation is 2. The third-order valence-electron chi connectivity index (χ3n) is 9.43. The van der Waals surface area contributed by atoms with E-state index in [0.717, 1.165) is 92.1 Å². The Morgan fingerprint density at radius 2 is 1.83 bits per heavy atom. The molecule has 4 rings (SSSR count). The number of aromatic nitrogens is 1. The lowest BCUT2D eigenvalue weighted by molar-refractivity contribution is -0.231. The van der Waals surface area contributed by atoms with E-state index in [1.165, 1.54) is 30.6 Å². The zero-order valence-electron chi connectivity index (χ0n) is 34.7. The highest BCUT2D eigenvalue weighted by Gasteiger charge is 2.42. The molecule has 2 aromatic rings. The van der Waals surface area contributed by atoms with Gasteiger partial charge in [-0.3, -0.25) is 4.98 Å². The summed E-state index contributed by atoms with van der Waals surface area (Å²) in [5.41, 5.74) is 4.87. The van der Waals surface area contributed by atoms with Crippen LogP contribution in [0, 0.1) is 25.7 Å². The molecule has 2 fully saturated rings. The van der Waals surface area contributed by atoms with Gasteiger partial charge in [-0.15, -0.1) is 11.3 Å². The molecule has 53 heavy (non-hydrogen) atoms. The van der Waals surface area contributed by atoms with Crippen LogP contribution in [0.25, 0.3) is 11.3 Å². The first-order valence-electron chi connectivity index (χ1n) is 19.2. The monoisotopic (exact) mass is 753 g/mol. The van der Waals surface area contributed by atoms with Crippen molar-refractivity contribution in [2.24, 2.45) is 21.8 Å². The lowest BCUT2D eigenvalue weighted by Gasteiger charge is -2.44. The van der Waals surface area contributed by atoms with Gasteiger partial charge in [0.05, 0.1) is 23.8 Å². The number of halogens is 1. The van der Waals surface area contributed by atoms with E-state index in [1.54, 1.807) is 35.8 Å². The van der Waals surface area contributed by atoms with Crippen LogP contribution in [0.4, 0.5) is 4.39 Å². The maximum atomic E-state index is 13.6. The Morgan fingerprint density at radius 3 is 2.32 bits per heavy atom. The van der Waals surface area contributed by atoms with Gasteiger partial charge in [0, 0.05) is 44.3 Å². The Morgan fingerprint density at radius 1 is 1.15 bits per heavy atom. The largest absolute Gasteiger partial charge is 0.400 e. The summed E-state index contributed by atoms with van der Waals surface area (Å²) in [6.45, 7) is 29.3. The molecule has 0 amide bonds. The highest BCUT2D eigenvalue weighted by molar-refractivity contribution is 7.11. The zero-order valence-corrected chi connectivity index (χ0v) is 35.5. The lowest BCUT2D eigenvalue weighted by atomic mass is 9.88. The number of likely N-dealkylation sites (tertiary alicyclic amines) is 1. The van der Waals surface area contributed by atoms with Crippen LogP contribution in [0.1, 0.15) is 116 Å². The normalized spacial score (nSPS) is 16.8. The molecule has 1 atom stereocenters. The van der Waals surface area contributed by atoms with Gasteiger partial charge in [-0.05, 0) is 113 Å². The number of ether oxygens (including phenoxy) is 2. The molecular formula is C44H69FN4O3S. The van der Waals surface area contributed by atoms with Crippen molar-refractivity contribution < 1.29 is 19.0 Å². The van der Waals surface area contributed by atoms with E-state index in [4.69, 9.17) is 14.6 Å². The molecular weight excluding hydrogens is 684 g/mol. The molecule has 1 unspecified atom stereocenters. The smallest absolute Gasteiger partial charge is 0.128 e. The molecule has 7 nitrogen and oxygen atoms in total. The number of amidine groups is 2. The molecule has 0 radical (unpaired) electrons. The van der Waals surface area contributed by atoms with Crippen molar-refractivity contribution in [2.75, 3.05) is 40.0 Å². The van der Waals surface area contributed by atoms with Crippen LogP contribution in [0.15, 0.2) is 76.5 Å². The highest BCUT2D eigenvalue weighted by atomic mass is 32.1. The third kappa shape index (κ3) is 17.2. The van der Waals surface area contributed by atoms with Crippen LogP contribution in [-0.4, -0.2) is 72.3 Å². The zero-order chi connectivity index (χ0) is 39.8. The average Bonchev–Trinajstić information content (AvgIpc) is 3.87. The number of nitrogens with zero attached hydrogens (tertiary/aromatic N) is 4. The van der Waals surface area contributed by atoms with Crippen LogP contribution < -0.4 is 0 Å². The summed E-state index contributed by atoms with van der Waals surface area (Å²) in [5, 5.41) is 9.07. The first-order chi connectivity index (χ1) is 25.4. The van der Waals surface area contributed by atoms with E-state index in [2.05, 4.69) is 72.5 Å². The van der Waals surface area contributed by atoms with E-state index in [1.807, 2.05) is 52.8 Å². The second-order valence-corrected chi connectivity index (χ2v) is 14.8. The van der Waals surface area contributed by atoms with Gasteiger partial charge in [0.1, 0.15) is 23.1 Å². The number of pyridine rings is 1. The minimum absolute atomic E-state index is 0.0352. The van der Waals surface area contributed by atoms with Crippen molar-refractivity contribution in [3.05, 3.63) is 88.2 Å². The molecule has 0 aliphatic carbocycles. The van der Waals surface area contributed by atoms with Crippen LogP contribution in [0.3, 0.4) is 0 Å². The molecule has 9 heteroatoms. The Hall–Kier alpha value is -3.24. The molecule has 0 bridgehead atoms. The molecule has 2 saturated heterocycles. The fourth-order valence-corrected chi connectivity index (χ4v) is 6.17. The van der Waals surface area contributed by atoms with Crippen molar-refractivity contribution >= 4 is 34.3 Å². The van der Waals surface area contributed by atoms with Gasteiger partial charge in [0.2, 0.25) is 0 Å². The Kier molecular flexibility index (Phi) is 23.9. The number of hydrogen-bond acceptors (Lipinski definition) is 6. The molecule has 0 spiro atoms. The van der Waals surface area contributed by atoms with Crippen molar-refractivity contribution in [2.45, 2.75) is 113 Å². The first-order valence-corrected chi connectivity index (χ1v) is 20.1.